The summed E-state index contributed by atoms with van der Waals surface area (Å²) in [6, 6.07) is 2.02. The van der Waals surface area contributed by atoms with Crippen molar-refractivity contribution in [1.82, 2.24) is 3.46 Å². The fraction of sp³-hybridized carbons (Fsp3) is 1.00. The van der Waals surface area contributed by atoms with Crippen LogP contribution >= 0.6 is 38.7 Å². The zero-order valence-electron chi connectivity index (χ0n) is 6.92. The summed E-state index contributed by atoms with van der Waals surface area (Å²) in [4.78, 5) is 0. The van der Waals surface area contributed by atoms with Gasteiger partial charge in [-0.15, -0.1) is 0 Å². The Balaban J connectivity index is 1.91. The molecule has 2 aliphatic carbocycles. The topological polar surface area (TPSA) is 3.24 Å². The molecule has 0 atom stereocenters. The van der Waals surface area contributed by atoms with E-state index in [1.165, 1.54) is 38.5 Å². The fourth-order valence-corrected chi connectivity index (χ4v) is 12.3. The standard InChI is InChI=1S/C8H14N.2HI.Pt/c1-3-7(4-1)9-8-5-2-6-8;;;/h7-8H,1-6H2;2*1H;/q-1;;;+3/p-2. The molecule has 0 radical (unpaired) electrons. The van der Waals surface area contributed by atoms with Crippen LogP contribution in [0.15, 0.2) is 0 Å². The second-order valence-corrected chi connectivity index (χ2v) is 27.2. The fourth-order valence-electron chi connectivity index (χ4n) is 1.71. The molecule has 2 aliphatic rings. The molecule has 0 spiro atoms. The zero-order chi connectivity index (χ0) is 8.55. The van der Waals surface area contributed by atoms with Crippen molar-refractivity contribution in [2.24, 2.45) is 0 Å². The predicted octanol–water partition coefficient (Wildman–Crippen LogP) is 3.63. The minimum atomic E-state index is -0.731. The van der Waals surface area contributed by atoms with Crippen LogP contribution < -0.4 is 0 Å². The molecular formula is C8H14I2NPt. The van der Waals surface area contributed by atoms with Gasteiger partial charge in [0.05, 0.1) is 0 Å². The van der Waals surface area contributed by atoms with Gasteiger partial charge in [-0.1, -0.05) is 0 Å². The van der Waals surface area contributed by atoms with Crippen LogP contribution in [0.25, 0.3) is 0 Å². The van der Waals surface area contributed by atoms with Crippen LogP contribution in [-0.4, -0.2) is 15.5 Å². The van der Waals surface area contributed by atoms with Crippen molar-refractivity contribution >= 4 is 38.7 Å². The summed E-state index contributed by atoms with van der Waals surface area (Å²) in [5.74, 6) is 0. The van der Waals surface area contributed by atoms with Gasteiger partial charge >= 0.3 is 103 Å². The molecule has 0 N–H and O–H groups in total. The van der Waals surface area contributed by atoms with Crippen molar-refractivity contribution in [2.75, 3.05) is 0 Å². The number of hydrogen-bond donors (Lipinski definition) is 0. The van der Waals surface area contributed by atoms with Gasteiger partial charge in [0, 0.05) is 0 Å². The zero-order valence-corrected chi connectivity index (χ0v) is 13.5. The van der Waals surface area contributed by atoms with Gasteiger partial charge in [0.2, 0.25) is 0 Å². The van der Waals surface area contributed by atoms with Gasteiger partial charge in [-0.25, -0.2) is 0 Å². The van der Waals surface area contributed by atoms with Crippen LogP contribution in [0, 0.1) is 0 Å². The second kappa shape index (κ2) is 4.75. The first kappa shape index (κ1) is 10.6. The van der Waals surface area contributed by atoms with E-state index in [2.05, 4.69) is 42.2 Å². The molecule has 12 heavy (non-hydrogen) atoms. The Morgan fingerprint density at radius 3 is 1.50 bits per heavy atom. The Labute approximate surface area is 102 Å². The third kappa shape index (κ3) is 2.19. The van der Waals surface area contributed by atoms with Gasteiger partial charge in [0.1, 0.15) is 0 Å². The van der Waals surface area contributed by atoms with Crippen molar-refractivity contribution in [1.29, 1.82) is 0 Å². The summed E-state index contributed by atoms with van der Waals surface area (Å²) in [5.41, 5.74) is 0. The van der Waals surface area contributed by atoms with Gasteiger partial charge < -0.3 is 0 Å². The predicted molar refractivity (Wildman–Crippen MR) is 65.2 cm³/mol. The Morgan fingerprint density at radius 1 is 0.917 bits per heavy atom. The molecule has 2 fully saturated rings. The van der Waals surface area contributed by atoms with Gasteiger partial charge in [-0.05, 0) is 0 Å². The summed E-state index contributed by atoms with van der Waals surface area (Å²) in [5, 5.41) is 0. The second-order valence-electron chi connectivity index (χ2n) is 3.63. The van der Waals surface area contributed by atoms with E-state index >= 15 is 0 Å². The number of rotatable bonds is 3. The van der Waals surface area contributed by atoms with E-state index in [4.69, 9.17) is 0 Å². The van der Waals surface area contributed by atoms with Crippen molar-refractivity contribution in [2.45, 2.75) is 50.6 Å². The van der Waals surface area contributed by atoms with Crippen LogP contribution in [0.4, 0.5) is 0 Å². The summed E-state index contributed by atoms with van der Waals surface area (Å²) < 4.78 is 2.92. The molecular weight excluding hydrogens is 559 g/mol. The summed E-state index contributed by atoms with van der Waals surface area (Å²) in [6.45, 7) is 0. The maximum absolute atomic E-state index is 2.92. The van der Waals surface area contributed by atoms with Crippen LogP contribution in [0.2, 0.25) is 0 Å². The Kier molecular flexibility index (Phi) is 4.21. The van der Waals surface area contributed by atoms with Crippen LogP contribution in [0.1, 0.15) is 38.5 Å². The molecule has 0 aliphatic heterocycles. The van der Waals surface area contributed by atoms with Gasteiger partial charge in [-0.2, -0.15) is 0 Å². The number of hydrogen-bond acceptors (Lipinski definition) is 1. The van der Waals surface area contributed by atoms with E-state index < -0.39 is 10.2 Å². The molecule has 2 saturated carbocycles. The number of nitrogens with zero attached hydrogens (tertiary/aromatic N) is 1. The Bertz CT molecular complexity index is 143. The average molecular weight is 573 g/mol. The molecule has 1 nitrogen and oxygen atoms in total. The van der Waals surface area contributed by atoms with Crippen LogP contribution in [-0.2, 0) is 10.2 Å². The summed E-state index contributed by atoms with van der Waals surface area (Å²) in [6.07, 6.45) is 8.97. The minimum absolute atomic E-state index is 0.731. The quantitative estimate of drug-likeness (QED) is 0.467. The molecule has 0 unspecified atom stereocenters. The van der Waals surface area contributed by atoms with E-state index in [1.54, 1.807) is 0 Å². The van der Waals surface area contributed by atoms with Crippen molar-refractivity contribution in [3.8, 4) is 0 Å². The van der Waals surface area contributed by atoms with Crippen LogP contribution in [0.3, 0.4) is 0 Å². The molecule has 0 aromatic carbocycles. The van der Waals surface area contributed by atoms with Crippen molar-refractivity contribution in [3.05, 3.63) is 0 Å². The van der Waals surface area contributed by atoms with E-state index in [0.29, 0.717) is 0 Å². The molecule has 2 rings (SSSR count). The summed E-state index contributed by atoms with van der Waals surface area (Å²) in [7, 11) is -0.731. The normalized spacial score (nSPS) is 26.8. The molecule has 0 amide bonds. The monoisotopic (exact) mass is 573 g/mol. The van der Waals surface area contributed by atoms with Gasteiger partial charge in [0.15, 0.2) is 0 Å². The third-order valence-electron chi connectivity index (χ3n) is 2.93. The van der Waals surface area contributed by atoms with E-state index in [1.807, 2.05) is 0 Å². The SMILES string of the molecule is [I][Pt]([I])[N](C1CCC1)C1CCC1. The molecule has 0 aromatic heterocycles. The maximum atomic E-state index is 2.92. The van der Waals surface area contributed by atoms with E-state index in [0.717, 1.165) is 12.1 Å². The first-order valence-corrected chi connectivity index (χ1v) is 18.4. The van der Waals surface area contributed by atoms with E-state index in [-0.39, 0.29) is 0 Å². The molecule has 75 valence electrons. The average Bonchev–Trinajstić information content (AvgIpc) is 1.77. The number of halogens is 2. The van der Waals surface area contributed by atoms with Crippen LogP contribution in [0.5, 0.6) is 0 Å². The summed E-state index contributed by atoms with van der Waals surface area (Å²) >= 11 is 5.44. The van der Waals surface area contributed by atoms with E-state index in [9.17, 15) is 0 Å². The molecule has 4 heteroatoms. The Morgan fingerprint density at radius 2 is 1.33 bits per heavy atom. The van der Waals surface area contributed by atoms with Gasteiger partial charge in [-0.3, -0.25) is 0 Å². The first-order valence-electron chi connectivity index (χ1n) is 4.53. The molecule has 0 heterocycles. The van der Waals surface area contributed by atoms with Gasteiger partial charge in [0.25, 0.3) is 0 Å². The molecule has 0 aromatic rings. The molecule has 0 saturated heterocycles. The molecule has 0 bridgehead atoms. The third-order valence-corrected chi connectivity index (χ3v) is 11.2. The van der Waals surface area contributed by atoms with Crippen molar-refractivity contribution in [3.63, 3.8) is 0 Å². The first-order chi connectivity index (χ1) is 5.79. The Hall–Kier alpha value is 2.11. The van der Waals surface area contributed by atoms with Crippen molar-refractivity contribution < 1.29 is 10.2 Å².